The van der Waals surface area contributed by atoms with Gasteiger partial charge in [-0.05, 0) is 43.0 Å². The number of amides is 3. The Kier molecular flexibility index (Phi) is 10.2. The van der Waals surface area contributed by atoms with E-state index in [1.807, 2.05) is 20.8 Å². The first-order chi connectivity index (χ1) is 13.3. The van der Waals surface area contributed by atoms with E-state index in [0.29, 0.717) is 23.6 Å². The van der Waals surface area contributed by atoms with Crippen LogP contribution in [0.4, 0.5) is 10.1 Å². The van der Waals surface area contributed by atoms with E-state index in [1.54, 1.807) is 0 Å². The molecule has 0 bridgehead atoms. The second kappa shape index (κ2) is 12.1. The maximum Gasteiger partial charge on any atom is 0.246 e. The van der Waals surface area contributed by atoms with Crippen LogP contribution in [0.3, 0.4) is 0 Å². The second-order valence-corrected chi connectivity index (χ2v) is 7.25. The minimum absolute atomic E-state index is 0.136. The summed E-state index contributed by atoms with van der Waals surface area (Å²) in [5.74, 6) is -1.69. The highest BCUT2D eigenvalue weighted by atomic mass is 19.1. The molecule has 0 saturated heterocycles. The Bertz CT molecular complexity index is 637. The number of carbonyl (C=O) groups is 3. The average Bonchev–Trinajstić information content (AvgIpc) is 2.65. The zero-order valence-electron chi connectivity index (χ0n) is 16.7. The molecule has 3 amide bonds. The summed E-state index contributed by atoms with van der Waals surface area (Å²) in [6, 6.07) is 4.58. The van der Waals surface area contributed by atoms with Gasteiger partial charge in [-0.15, -0.1) is 0 Å². The van der Waals surface area contributed by atoms with Crippen LogP contribution >= 0.6 is 0 Å². The third kappa shape index (κ3) is 8.47. The molecule has 0 saturated carbocycles. The lowest BCUT2D eigenvalue weighted by atomic mass is 9.98. The van der Waals surface area contributed by atoms with Gasteiger partial charge in [0.15, 0.2) is 0 Å². The van der Waals surface area contributed by atoms with Crippen molar-refractivity contribution >= 4 is 23.9 Å². The first-order valence-corrected chi connectivity index (χ1v) is 9.54. The summed E-state index contributed by atoms with van der Waals surface area (Å²) in [5.41, 5.74) is 0.430. The molecule has 156 valence electrons. The fraction of sp³-hybridized carbons (Fsp3) is 0.550. The Labute approximate surface area is 165 Å². The molecule has 0 aliphatic heterocycles. The van der Waals surface area contributed by atoms with E-state index < -0.39 is 29.6 Å². The largest absolute Gasteiger partial charge is 0.344 e. The highest BCUT2D eigenvalue weighted by Gasteiger charge is 2.27. The first-order valence-electron chi connectivity index (χ1n) is 9.54. The van der Waals surface area contributed by atoms with Gasteiger partial charge in [0.05, 0.1) is 12.5 Å². The van der Waals surface area contributed by atoms with Gasteiger partial charge in [0.25, 0.3) is 0 Å². The molecule has 0 aromatic heterocycles. The molecule has 0 radical (unpaired) electrons. The fourth-order valence-electron chi connectivity index (χ4n) is 2.78. The molecular weight excluding hydrogens is 365 g/mol. The fourth-order valence-corrected chi connectivity index (χ4v) is 2.78. The number of nitrogens with one attached hydrogen (secondary N) is 2. The Morgan fingerprint density at radius 3 is 2.39 bits per heavy atom. The number of hydrogen-bond donors (Lipinski definition) is 3. The van der Waals surface area contributed by atoms with Crippen LogP contribution in [0.1, 0.15) is 46.5 Å². The Morgan fingerprint density at radius 1 is 1.21 bits per heavy atom. The molecule has 0 fully saturated rings. The quantitative estimate of drug-likeness (QED) is 0.288. The number of anilines is 1. The van der Waals surface area contributed by atoms with Gasteiger partial charge >= 0.3 is 0 Å². The molecule has 0 aliphatic rings. The Hall–Kier alpha value is -2.48. The summed E-state index contributed by atoms with van der Waals surface area (Å²) in [6.07, 6.45) is 2.76. The lowest BCUT2D eigenvalue weighted by Crippen LogP contribution is -2.48. The highest BCUT2D eigenvalue weighted by Crippen LogP contribution is 2.14. The number of hydroxylamine groups is 2. The molecule has 0 spiro atoms. The third-order valence-corrected chi connectivity index (χ3v) is 4.26. The van der Waals surface area contributed by atoms with Crippen molar-refractivity contribution < 1.29 is 24.0 Å². The van der Waals surface area contributed by atoms with Crippen molar-refractivity contribution in [1.82, 2.24) is 10.4 Å². The lowest BCUT2D eigenvalue weighted by Gasteiger charge is -2.24. The molecule has 0 aliphatic carbocycles. The lowest BCUT2D eigenvalue weighted by molar-refractivity contribution is -0.155. The molecule has 1 aromatic carbocycles. The molecule has 3 N–H and O–H groups in total. The number of nitrogens with zero attached hydrogens (tertiary/aromatic N) is 1. The topological polar surface area (TPSA) is 98.7 Å². The number of halogens is 1. The maximum atomic E-state index is 13.0. The summed E-state index contributed by atoms with van der Waals surface area (Å²) >= 11 is 0. The van der Waals surface area contributed by atoms with Crippen LogP contribution in [0.15, 0.2) is 24.3 Å². The van der Waals surface area contributed by atoms with E-state index >= 15 is 0 Å². The van der Waals surface area contributed by atoms with Crippen LogP contribution in [0.5, 0.6) is 0 Å². The molecule has 0 unspecified atom stereocenters. The van der Waals surface area contributed by atoms with Gasteiger partial charge in [-0.25, -0.2) is 9.45 Å². The minimum atomic E-state index is -0.787. The zero-order valence-corrected chi connectivity index (χ0v) is 16.7. The predicted molar refractivity (Wildman–Crippen MR) is 104 cm³/mol. The van der Waals surface area contributed by atoms with Crippen molar-refractivity contribution in [2.45, 2.75) is 52.5 Å². The zero-order chi connectivity index (χ0) is 21.1. The smallest absolute Gasteiger partial charge is 0.246 e. The maximum absolute atomic E-state index is 13.0. The van der Waals surface area contributed by atoms with E-state index in [0.717, 1.165) is 12.8 Å². The van der Waals surface area contributed by atoms with Gasteiger partial charge < -0.3 is 10.6 Å². The SMILES string of the molecule is CCCC[C@H](CN(O)C=O)C(=O)N[C@@H](CC(C)C)C(=O)Nc1ccc(F)cc1. The number of hydrogen-bond acceptors (Lipinski definition) is 4. The normalized spacial score (nSPS) is 12.9. The van der Waals surface area contributed by atoms with E-state index in [2.05, 4.69) is 10.6 Å². The average molecular weight is 395 g/mol. The second-order valence-electron chi connectivity index (χ2n) is 7.25. The van der Waals surface area contributed by atoms with Crippen LogP contribution in [-0.4, -0.2) is 41.1 Å². The molecule has 8 heteroatoms. The summed E-state index contributed by atoms with van der Waals surface area (Å²) in [6.45, 7) is 5.70. The van der Waals surface area contributed by atoms with Gasteiger partial charge in [-0.3, -0.25) is 19.6 Å². The number of benzene rings is 1. The molecule has 1 rings (SSSR count). The molecular formula is C20H30FN3O4. The van der Waals surface area contributed by atoms with E-state index in [4.69, 9.17) is 0 Å². The highest BCUT2D eigenvalue weighted by molar-refractivity contribution is 5.97. The number of unbranched alkanes of at least 4 members (excludes halogenated alkanes) is 1. The number of rotatable bonds is 12. The van der Waals surface area contributed by atoms with Gasteiger partial charge in [-0.2, -0.15) is 0 Å². The van der Waals surface area contributed by atoms with E-state index in [-0.39, 0.29) is 18.9 Å². The van der Waals surface area contributed by atoms with Crippen molar-refractivity contribution in [3.05, 3.63) is 30.1 Å². The van der Waals surface area contributed by atoms with Crippen molar-refractivity contribution in [3.63, 3.8) is 0 Å². The Morgan fingerprint density at radius 2 is 1.86 bits per heavy atom. The molecule has 28 heavy (non-hydrogen) atoms. The summed E-state index contributed by atoms with van der Waals surface area (Å²) in [7, 11) is 0. The Balaban J connectivity index is 2.85. The standard InChI is InChI=1S/C20H30FN3O4/c1-4-5-6-15(12-24(28)13-25)19(26)23-18(11-14(2)3)20(27)22-17-9-7-16(21)8-10-17/h7-10,13-15,18,28H,4-6,11-12H2,1-3H3,(H,22,27)(H,23,26)/t15-,18+/m1/s1. The van der Waals surface area contributed by atoms with Crippen LogP contribution in [-0.2, 0) is 14.4 Å². The van der Waals surface area contributed by atoms with Crippen molar-refractivity contribution in [2.75, 3.05) is 11.9 Å². The van der Waals surface area contributed by atoms with Crippen LogP contribution in [0, 0.1) is 17.7 Å². The van der Waals surface area contributed by atoms with Gasteiger partial charge in [0.1, 0.15) is 11.9 Å². The number of carbonyl (C=O) groups excluding carboxylic acids is 3. The van der Waals surface area contributed by atoms with Crippen molar-refractivity contribution in [3.8, 4) is 0 Å². The van der Waals surface area contributed by atoms with Crippen molar-refractivity contribution in [2.24, 2.45) is 11.8 Å². The van der Waals surface area contributed by atoms with E-state index in [9.17, 15) is 24.0 Å². The molecule has 2 atom stereocenters. The van der Waals surface area contributed by atoms with Gasteiger partial charge in [0.2, 0.25) is 18.2 Å². The molecule has 0 heterocycles. The van der Waals surface area contributed by atoms with Crippen LogP contribution < -0.4 is 10.6 Å². The van der Waals surface area contributed by atoms with Crippen LogP contribution in [0.25, 0.3) is 0 Å². The van der Waals surface area contributed by atoms with Crippen LogP contribution in [0.2, 0.25) is 0 Å². The van der Waals surface area contributed by atoms with Gasteiger partial charge in [0, 0.05) is 5.69 Å². The molecule has 7 nitrogen and oxygen atoms in total. The summed E-state index contributed by atoms with van der Waals surface area (Å²) in [4.78, 5) is 36.0. The summed E-state index contributed by atoms with van der Waals surface area (Å²) < 4.78 is 13.0. The predicted octanol–water partition coefficient (Wildman–Crippen LogP) is 2.95. The third-order valence-electron chi connectivity index (χ3n) is 4.26. The summed E-state index contributed by atoms with van der Waals surface area (Å²) in [5, 5.41) is 15.3. The monoisotopic (exact) mass is 395 g/mol. The van der Waals surface area contributed by atoms with E-state index in [1.165, 1.54) is 24.3 Å². The minimum Gasteiger partial charge on any atom is -0.344 e. The first kappa shape index (κ1) is 23.6. The molecule has 1 aromatic rings. The van der Waals surface area contributed by atoms with Gasteiger partial charge in [-0.1, -0.05) is 33.6 Å². The van der Waals surface area contributed by atoms with Crippen molar-refractivity contribution in [1.29, 1.82) is 0 Å².